The zero-order valence-electron chi connectivity index (χ0n) is 21.1. The van der Waals surface area contributed by atoms with Gasteiger partial charge in [-0.15, -0.1) is 21.5 Å². The minimum Gasteiger partial charge on any atom is -0.378 e. The highest BCUT2D eigenvalue weighted by atomic mass is 32.1. The minimum absolute atomic E-state index is 0.529. The van der Waals surface area contributed by atoms with Gasteiger partial charge >= 0.3 is 0 Å². The molecule has 0 atom stereocenters. The van der Waals surface area contributed by atoms with Crippen molar-refractivity contribution >= 4 is 45.0 Å². The number of imidazole rings is 1. The summed E-state index contributed by atoms with van der Waals surface area (Å²) in [6.45, 7) is 5.23. The van der Waals surface area contributed by atoms with Crippen molar-refractivity contribution in [3.63, 3.8) is 0 Å². The molecule has 1 saturated heterocycles. The largest absolute Gasteiger partial charge is 0.378 e. The summed E-state index contributed by atoms with van der Waals surface area (Å²) in [6, 6.07) is 18.5. The average molecular weight is 553 g/mol. The van der Waals surface area contributed by atoms with Crippen molar-refractivity contribution in [3.05, 3.63) is 77.4 Å². The second-order valence-corrected chi connectivity index (χ2v) is 11.2. The van der Waals surface area contributed by atoms with E-state index in [1.807, 2.05) is 42.8 Å². The molecule has 5 heterocycles. The Balaban J connectivity index is 1.24. The van der Waals surface area contributed by atoms with E-state index in [2.05, 4.69) is 60.1 Å². The SMILES string of the molecule is Cc1nnc(-c2cccc(-c3nc4sccn4c3-c3ccnc(Nc4cccc(N5CCOCC5)c4)n3)c2)s1. The number of nitrogens with zero attached hydrogens (tertiary/aromatic N) is 7. The van der Waals surface area contributed by atoms with E-state index in [0.29, 0.717) is 5.95 Å². The number of aryl methyl sites for hydroxylation is 1. The van der Waals surface area contributed by atoms with Crippen LogP contribution in [0, 0.1) is 6.92 Å². The molecule has 0 spiro atoms. The number of morpholine rings is 1. The van der Waals surface area contributed by atoms with E-state index in [9.17, 15) is 0 Å². The molecule has 1 aliphatic heterocycles. The maximum absolute atomic E-state index is 5.50. The molecule has 39 heavy (non-hydrogen) atoms. The Morgan fingerprint density at radius 3 is 2.69 bits per heavy atom. The van der Waals surface area contributed by atoms with Crippen LogP contribution in [0.1, 0.15) is 5.01 Å². The number of fused-ring (bicyclic) bond motifs is 1. The van der Waals surface area contributed by atoms with E-state index < -0.39 is 0 Å². The molecule has 7 rings (SSSR count). The van der Waals surface area contributed by atoms with E-state index >= 15 is 0 Å². The molecule has 1 aliphatic rings. The lowest BCUT2D eigenvalue weighted by atomic mass is 10.1. The predicted molar refractivity (Wildman–Crippen MR) is 156 cm³/mol. The molecule has 0 bridgehead atoms. The van der Waals surface area contributed by atoms with Crippen molar-refractivity contribution in [1.82, 2.24) is 29.5 Å². The quantitative estimate of drug-likeness (QED) is 0.272. The standard InChI is InChI=1S/C28H24N8OS2/c1-18-33-34-26(39-18)20-5-2-4-19(16-20)24-25(36-12-15-38-28(36)32-24)23-8-9-29-27(31-23)30-21-6-3-7-22(17-21)35-10-13-37-14-11-35/h2-9,12,15-17H,10-11,13-14H2,1H3,(H,29,30,31). The van der Waals surface area contributed by atoms with Crippen LogP contribution < -0.4 is 10.2 Å². The monoisotopic (exact) mass is 552 g/mol. The van der Waals surface area contributed by atoms with Crippen LogP contribution >= 0.6 is 22.7 Å². The number of anilines is 3. The number of hydrogen-bond donors (Lipinski definition) is 1. The number of aromatic nitrogens is 6. The lowest BCUT2D eigenvalue weighted by Crippen LogP contribution is -2.36. The summed E-state index contributed by atoms with van der Waals surface area (Å²) in [6.07, 6.45) is 3.82. The molecule has 0 saturated carbocycles. The van der Waals surface area contributed by atoms with Gasteiger partial charge in [0.2, 0.25) is 5.95 Å². The molecule has 0 amide bonds. The highest BCUT2D eigenvalue weighted by Crippen LogP contribution is 2.36. The summed E-state index contributed by atoms with van der Waals surface area (Å²) in [5.41, 5.74) is 6.68. The Hall–Kier alpha value is -4.19. The summed E-state index contributed by atoms with van der Waals surface area (Å²) in [4.78, 5) is 17.7. The predicted octanol–water partition coefficient (Wildman–Crippen LogP) is 5.93. The highest BCUT2D eigenvalue weighted by molar-refractivity contribution is 7.15. The molecule has 2 aromatic carbocycles. The molecule has 6 aromatic rings. The summed E-state index contributed by atoms with van der Waals surface area (Å²) in [7, 11) is 0. The normalized spacial score (nSPS) is 13.7. The van der Waals surface area contributed by atoms with Crippen LogP contribution in [0.5, 0.6) is 0 Å². The third-order valence-corrected chi connectivity index (χ3v) is 8.19. The molecular formula is C28H24N8OS2. The highest BCUT2D eigenvalue weighted by Gasteiger charge is 2.20. The first-order chi connectivity index (χ1) is 19.2. The van der Waals surface area contributed by atoms with Gasteiger partial charge in [0.15, 0.2) is 4.96 Å². The Bertz CT molecular complexity index is 1770. The molecule has 1 N–H and O–H groups in total. The number of benzene rings is 2. The summed E-state index contributed by atoms with van der Waals surface area (Å²) in [5, 5.41) is 15.8. The number of nitrogens with one attached hydrogen (secondary N) is 1. The second-order valence-electron chi connectivity index (χ2n) is 9.11. The molecule has 11 heteroatoms. The van der Waals surface area contributed by atoms with Gasteiger partial charge in [-0.05, 0) is 37.3 Å². The maximum Gasteiger partial charge on any atom is 0.227 e. The first kappa shape index (κ1) is 23.9. The third-order valence-electron chi connectivity index (χ3n) is 6.55. The van der Waals surface area contributed by atoms with Gasteiger partial charge in [-0.3, -0.25) is 4.40 Å². The van der Waals surface area contributed by atoms with Crippen molar-refractivity contribution in [2.75, 3.05) is 36.5 Å². The van der Waals surface area contributed by atoms with Crippen molar-refractivity contribution in [1.29, 1.82) is 0 Å². The number of ether oxygens (including phenoxy) is 1. The van der Waals surface area contributed by atoms with E-state index in [4.69, 9.17) is 14.7 Å². The maximum atomic E-state index is 5.50. The fraction of sp³-hybridized carbons (Fsp3) is 0.179. The van der Waals surface area contributed by atoms with Gasteiger partial charge in [0.1, 0.15) is 15.7 Å². The lowest BCUT2D eigenvalue weighted by molar-refractivity contribution is 0.122. The van der Waals surface area contributed by atoms with Crippen molar-refractivity contribution in [2.24, 2.45) is 0 Å². The molecule has 1 fully saturated rings. The van der Waals surface area contributed by atoms with Crippen molar-refractivity contribution in [2.45, 2.75) is 6.92 Å². The van der Waals surface area contributed by atoms with E-state index in [1.165, 1.54) is 0 Å². The summed E-state index contributed by atoms with van der Waals surface area (Å²) >= 11 is 3.18. The van der Waals surface area contributed by atoms with Crippen LogP contribution in [-0.4, -0.2) is 55.9 Å². The van der Waals surface area contributed by atoms with E-state index in [1.54, 1.807) is 28.9 Å². The first-order valence-electron chi connectivity index (χ1n) is 12.6. The van der Waals surface area contributed by atoms with E-state index in [-0.39, 0.29) is 0 Å². The van der Waals surface area contributed by atoms with Crippen LogP contribution in [0.2, 0.25) is 0 Å². The van der Waals surface area contributed by atoms with Gasteiger partial charge in [0.05, 0.1) is 24.6 Å². The van der Waals surface area contributed by atoms with Gasteiger partial charge < -0.3 is 15.0 Å². The molecule has 0 unspecified atom stereocenters. The third kappa shape index (κ3) is 4.76. The first-order valence-corrected chi connectivity index (χ1v) is 14.3. The topological polar surface area (TPSA) is 93.4 Å². The number of rotatable bonds is 6. The molecule has 194 valence electrons. The summed E-state index contributed by atoms with van der Waals surface area (Å²) < 4.78 is 7.59. The zero-order valence-corrected chi connectivity index (χ0v) is 22.7. The lowest BCUT2D eigenvalue weighted by Gasteiger charge is -2.29. The van der Waals surface area contributed by atoms with Gasteiger partial charge in [-0.2, -0.15) is 0 Å². The van der Waals surface area contributed by atoms with Gasteiger partial charge in [-0.1, -0.05) is 35.6 Å². The molecule has 0 radical (unpaired) electrons. The van der Waals surface area contributed by atoms with Crippen LogP contribution in [-0.2, 0) is 4.74 Å². The van der Waals surface area contributed by atoms with Crippen molar-refractivity contribution in [3.8, 4) is 33.2 Å². The fourth-order valence-electron chi connectivity index (χ4n) is 4.73. The van der Waals surface area contributed by atoms with Crippen LogP contribution in [0.3, 0.4) is 0 Å². The fourth-order valence-corrected chi connectivity index (χ4v) is 6.13. The number of thiazole rings is 1. The zero-order chi connectivity index (χ0) is 26.2. The van der Waals surface area contributed by atoms with Crippen molar-refractivity contribution < 1.29 is 4.74 Å². The minimum atomic E-state index is 0.529. The van der Waals surface area contributed by atoms with Crippen LogP contribution in [0.25, 0.3) is 38.2 Å². The Labute approximate surface area is 232 Å². The second kappa shape index (κ2) is 10.2. The number of hydrogen-bond acceptors (Lipinski definition) is 10. The summed E-state index contributed by atoms with van der Waals surface area (Å²) in [5.74, 6) is 0.529. The molecular weight excluding hydrogens is 528 g/mol. The molecule has 0 aliphatic carbocycles. The van der Waals surface area contributed by atoms with E-state index in [0.717, 1.165) is 80.9 Å². The average Bonchev–Trinajstić information content (AvgIpc) is 3.70. The van der Waals surface area contributed by atoms with Gasteiger partial charge in [0.25, 0.3) is 0 Å². The van der Waals surface area contributed by atoms with Crippen LogP contribution in [0.15, 0.2) is 72.4 Å². The Morgan fingerprint density at radius 2 is 1.82 bits per heavy atom. The van der Waals surface area contributed by atoms with Crippen LogP contribution in [0.4, 0.5) is 17.3 Å². The molecule has 9 nitrogen and oxygen atoms in total. The molecule has 4 aromatic heterocycles. The smallest absolute Gasteiger partial charge is 0.227 e. The van der Waals surface area contributed by atoms with Gasteiger partial charge in [-0.25, -0.2) is 15.0 Å². The van der Waals surface area contributed by atoms with Gasteiger partial charge in [0, 0.05) is 53.4 Å². The Morgan fingerprint density at radius 1 is 0.949 bits per heavy atom. The Kier molecular flexibility index (Phi) is 6.23.